The standard InChI is InChI=1S/C26H32N2O6/c1-17(8-7-13-24(29)28-23(25(30)31)14-15-33-2)27-26(32)34-16-22-20-11-5-3-9-18(20)19-10-4-6-12-21(19)22/h3-6,9-12,17,22-23H,7-8,13-16H2,1-2H3,(H,27,32)(H,28,29)(H,30,31). The van der Waals surface area contributed by atoms with E-state index in [1.807, 2.05) is 31.2 Å². The molecule has 1 aliphatic rings. The summed E-state index contributed by atoms with van der Waals surface area (Å²) in [6.07, 6.45) is 0.954. The number of amides is 2. The molecule has 0 saturated heterocycles. The van der Waals surface area contributed by atoms with Gasteiger partial charge < -0.3 is 25.2 Å². The van der Waals surface area contributed by atoms with Gasteiger partial charge in [-0.05, 0) is 42.0 Å². The van der Waals surface area contributed by atoms with Crippen LogP contribution in [0.2, 0.25) is 0 Å². The van der Waals surface area contributed by atoms with Gasteiger partial charge in [-0.15, -0.1) is 0 Å². The number of fused-ring (bicyclic) bond motifs is 3. The zero-order valence-corrected chi connectivity index (χ0v) is 19.6. The van der Waals surface area contributed by atoms with Crippen molar-refractivity contribution in [2.75, 3.05) is 20.3 Å². The van der Waals surface area contributed by atoms with E-state index >= 15 is 0 Å². The summed E-state index contributed by atoms with van der Waals surface area (Å²) >= 11 is 0. The fourth-order valence-electron chi connectivity index (χ4n) is 4.24. The molecule has 0 heterocycles. The first-order valence-electron chi connectivity index (χ1n) is 11.5. The zero-order valence-electron chi connectivity index (χ0n) is 19.6. The minimum atomic E-state index is -1.09. The van der Waals surface area contributed by atoms with Gasteiger partial charge in [0.05, 0.1) is 0 Å². The van der Waals surface area contributed by atoms with E-state index in [2.05, 4.69) is 34.9 Å². The molecule has 0 aliphatic heterocycles. The van der Waals surface area contributed by atoms with E-state index in [4.69, 9.17) is 14.6 Å². The number of ether oxygens (including phenoxy) is 2. The molecule has 3 rings (SSSR count). The number of carbonyl (C=O) groups excluding carboxylic acids is 2. The maximum Gasteiger partial charge on any atom is 0.407 e. The number of aliphatic carboxylic acids is 1. The van der Waals surface area contributed by atoms with Gasteiger partial charge in [0.25, 0.3) is 0 Å². The highest BCUT2D eigenvalue weighted by molar-refractivity contribution is 5.83. The van der Waals surface area contributed by atoms with E-state index in [0.29, 0.717) is 12.8 Å². The molecule has 34 heavy (non-hydrogen) atoms. The van der Waals surface area contributed by atoms with E-state index < -0.39 is 18.1 Å². The Labute approximate surface area is 199 Å². The maximum absolute atomic E-state index is 12.4. The number of nitrogens with one attached hydrogen (secondary N) is 2. The third kappa shape index (κ3) is 6.57. The van der Waals surface area contributed by atoms with Crippen LogP contribution in [-0.2, 0) is 19.1 Å². The average Bonchev–Trinajstić information content (AvgIpc) is 3.14. The Bertz CT molecular complexity index is 963. The molecular weight excluding hydrogens is 436 g/mol. The Morgan fingerprint density at radius 2 is 1.59 bits per heavy atom. The van der Waals surface area contributed by atoms with Crippen molar-refractivity contribution in [3.05, 3.63) is 59.7 Å². The van der Waals surface area contributed by atoms with E-state index in [0.717, 1.165) is 11.1 Å². The lowest BCUT2D eigenvalue weighted by Crippen LogP contribution is -2.41. The number of rotatable bonds is 12. The summed E-state index contributed by atoms with van der Waals surface area (Å²) in [7, 11) is 1.48. The van der Waals surface area contributed by atoms with Crippen molar-refractivity contribution in [3.63, 3.8) is 0 Å². The average molecular weight is 469 g/mol. The smallest absolute Gasteiger partial charge is 0.407 e. The Kier molecular flexibility index (Phi) is 9.04. The first kappa shape index (κ1) is 25.2. The number of methoxy groups -OCH3 is 1. The van der Waals surface area contributed by atoms with E-state index in [1.165, 1.54) is 18.2 Å². The molecule has 0 radical (unpaired) electrons. The normalized spacial score (nSPS) is 13.9. The fourth-order valence-corrected chi connectivity index (χ4v) is 4.24. The Hall–Kier alpha value is -3.39. The van der Waals surface area contributed by atoms with Crippen molar-refractivity contribution in [2.24, 2.45) is 0 Å². The third-order valence-corrected chi connectivity index (χ3v) is 5.99. The lowest BCUT2D eigenvalue weighted by molar-refractivity contribution is -0.142. The first-order chi connectivity index (χ1) is 16.4. The van der Waals surface area contributed by atoms with Crippen LogP contribution in [0.1, 0.15) is 49.7 Å². The van der Waals surface area contributed by atoms with Crippen molar-refractivity contribution < 1.29 is 29.0 Å². The van der Waals surface area contributed by atoms with Crippen LogP contribution >= 0.6 is 0 Å². The molecule has 3 N–H and O–H groups in total. The Morgan fingerprint density at radius 3 is 2.18 bits per heavy atom. The van der Waals surface area contributed by atoms with Gasteiger partial charge in [0.2, 0.25) is 5.91 Å². The predicted molar refractivity (Wildman–Crippen MR) is 128 cm³/mol. The molecule has 8 nitrogen and oxygen atoms in total. The second-order valence-electron chi connectivity index (χ2n) is 8.50. The van der Waals surface area contributed by atoms with Gasteiger partial charge in [0.15, 0.2) is 0 Å². The third-order valence-electron chi connectivity index (χ3n) is 5.99. The number of carbonyl (C=O) groups is 3. The summed E-state index contributed by atoms with van der Waals surface area (Å²) in [6.45, 7) is 2.34. The highest BCUT2D eigenvalue weighted by Gasteiger charge is 2.29. The molecule has 182 valence electrons. The Balaban J connectivity index is 1.41. The van der Waals surface area contributed by atoms with Crippen molar-refractivity contribution in [1.29, 1.82) is 0 Å². The molecule has 8 heteroatoms. The van der Waals surface area contributed by atoms with Gasteiger partial charge >= 0.3 is 12.1 Å². The molecule has 2 aromatic rings. The minimum Gasteiger partial charge on any atom is -0.480 e. The van der Waals surface area contributed by atoms with Gasteiger partial charge in [-0.1, -0.05) is 48.5 Å². The number of carboxylic acids is 1. The topological polar surface area (TPSA) is 114 Å². The van der Waals surface area contributed by atoms with Crippen LogP contribution in [0.5, 0.6) is 0 Å². The molecular formula is C26H32N2O6. The van der Waals surface area contributed by atoms with E-state index in [1.54, 1.807) is 0 Å². The van der Waals surface area contributed by atoms with Gasteiger partial charge in [0.1, 0.15) is 12.6 Å². The largest absolute Gasteiger partial charge is 0.480 e. The molecule has 0 fully saturated rings. The summed E-state index contributed by atoms with van der Waals surface area (Å²) in [5.74, 6) is -1.43. The minimum absolute atomic E-state index is 0.00237. The van der Waals surface area contributed by atoms with Crippen LogP contribution in [0, 0.1) is 0 Å². The highest BCUT2D eigenvalue weighted by atomic mass is 16.5. The van der Waals surface area contributed by atoms with Gasteiger partial charge in [-0.25, -0.2) is 9.59 Å². The molecule has 0 spiro atoms. The van der Waals surface area contributed by atoms with Crippen LogP contribution in [0.15, 0.2) is 48.5 Å². The summed E-state index contributed by atoms with van der Waals surface area (Å²) < 4.78 is 10.4. The molecule has 2 amide bonds. The van der Waals surface area contributed by atoms with Crippen molar-refractivity contribution >= 4 is 18.0 Å². The number of alkyl carbamates (subject to hydrolysis) is 1. The quantitative estimate of drug-likeness (QED) is 0.438. The molecule has 2 unspecified atom stereocenters. The molecule has 1 aliphatic carbocycles. The van der Waals surface area contributed by atoms with Crippen molar-refractivity contribution in [1.82, 2.24) is 10.6 Å². The fraction of sp³-hybridized carbons (Fsp3) is 0.423. The van der Waals surface area contributed by atoms with E-state index in [-0.39, 0.29) is 43.9 Å². The van der Waals surface area contributed by atoms with Crippen LogP contribution in [0.25, 0.3) is 11.1 Å². The summed E-state index contributed by atoms with van der Waals surface area (Å²) in [5.41, 5.74) is 4.65. The van der Waals surface area contributed by atoms with Crippen molar-refractivity contribution in [2.45, 2.75) is 50.6 Å². The summed E-state index contributed by atoms with van der Waals surface area (Å²) in [6, 6.07) is 15.2. The second-order valence-corrected chi connectivity index (χ2v) is 8.50. The van der Waals surface area contributed by atoms with Crippen LogP contribution in [0.4, 0.5) is 4.79 Å². The molecule has 2 aromatic carbocycles. The van der Waals surface area contributed by atoms with Gasteiger partial charge in [0, 0.05) is 38.5 Å². The summed E-state index contributed by atoms with van der Waals surface area (Å²) in [4.78, 5) is 35.6. The molecule has 0 aromatic heterocycles. The van der Waals surface area contributed by atoms with Gasteiger partial charge in [-0.2, -0.15) is 0 Å². The SMILES string of the molecule is COCCC(NC(=O)CCCC(C)NC(=O)OCC1c2ccccc2-c2ccccc21)C(=O)O. The monoisotopic (exact) mass is 468 g/mol. The van der Waals surface area contributed by atoms with Gasteiger partial charge in [-0.3, -0.25) is 4.79 Å². The number of hydrogen-bond donors (Lipinski definition) is 3. The number of hydrogen-bond acceptors (Lipinski definition) is 5. The lowest BCUT2D eigenvalue weighted by atomic mass is 9.98. The van der Waals surface area contributed by atoms with Crippen LogP contribution < -0.4 is 10.6 Å². The molecule has 0 saturated carbocycles. The molecule has 0 bridgehead atoms. The predicted octanol–water partition coefficient (Wildman–Crippen LogP) is 3.69. The maximum atomic E-state index is 12.4. The number of benzene rings is 2. The first-order valence-corrected chi connectivity index (χ1v) is 11.5. The highest BCUT2D eigenvalue weighted by Crippen LogP contribution is 2.44. The lowest BCUT2D eigenvalue weighted by Gasteiger charge is -2.17. The summed E-state index contributed by atoms with van der Waals surface area (Å²) in [5, 5.41) is 14.5. The van der Waals surface area contributed by atoms with Crippen molar-refractivity contribution in [3.8, 4) is 11.1 Å². The molecule has 2 atom stereocenters. The van der Waals surface area contributed by atoms with Crippen LogP contribution in [-0.4, -0.2) is 55.5 Å². The number of carboxylic acid groups (broad SMARTS) is 1. The van der Waals surface area contributed by atoms with Crippen LogP contribution in [0.3, 0.4) is 0 Å². The Morgan fingerprint density at radius 1 is 0.971 bits per heavy atom. The second kappa shape index (κ2) is 12.2. The zero-order chi connectivity index (χ0) is 24.5. The van der Waals surface area contributed by atoms with E-state index in [9.17, 15) is 14.4 Å².